The maximum atomic E-state index is 13.9. The van der Waals surface area contributed by atoms with E-state index in [9.17, 15) is 26.5 Å². The Labute approximate surface area is 123 Å². The van der Waals surface area contributed by atoms with Crippen molar-refractivity contribution in [2.45, 2.75) is 12.9 Å². The van der Waals surface area contributed by atoms with E-state index in [1.165, 1.54) is 5.38 Å². The fourth-order valence-corrected chi connectivity index (χ4v) is 2.66. The Morgan fingerprint density at radius 2 is 1.91 bits per heavy atom. The monoisotopic (exact) mass is 363 g/mol. The van der Waals surface area contributed by atoms with E-state index >= 15 is 0 Å². The van der Waals surface area contributed by atoms with E-state index in [1.54, 1.807) is 0 Å². The van der Waals surface area contributed by atoms with Crippen LogP contribution in [0.3, 0.4) is 0 Å². The minimum Gasteiger partial charge on any atom is -0.303 e. The largest absolute Gasteiger partial charge is 0.471 e. The molecule has 0 aliphatic carbocycles. The van der Waals surface area contributed by atoms with Crippen molar-refractivity contribution in [3.05, 3.63) is 34.7 Å². The average molecular weight is 363 g/mol. The van der Waals surface area contributed by atoms with Gasteiger partial charge in [-0.05, 0) is 12.1 Å². The third-order valence-electron chi connectivity index (χ3n) is 2.55. The lowest BCUT2D eigenvalue weighted by Crippen LogP contribution is -2.14. The number of halogens is 5. The third-order valence-corrected chi connectivity index (χ3v) is 3.89. The molecule has 0 saturated heterocycles. The zero-order valence-corrected chi connectivity index (χ0v) is 12.1. The molecule has 0 bridgehead atoms. The molecule has 0 amide bonds. The molecule has 0 radical (unpaired) electrons. The minimum absolute atomic E-state index is 0.110. The number of hydrogen-bond acceptors (Lipinski definition) is 3. The van der Waals surface area contributed by atoms with Gasteiger partial charge in [-0.25, -0.2) is 13.3 Å². The smallest absolute Gasteiger partial charge is 0.303 e. The van der Waals surface area contributed by atoms with Crippen molar-refractivity contribution < 1.29 is 40.8 Å². The normalized spacial score (nSPS) is 12.9. The summed E-state index contributed by atoms with van der Waals surface area (Å²) < 4.78 is 80.7. The van der Waals surface area contributed by atoms with E-state index in [0.29, 0.717) is 6.07 Å². The highest BCUT2D eigenvalue weighted by Gasteiger charge is 2.39. The van der Waals surface area contributed by atoms with Crippen LogP contribution in [0.1, 0.15) is 5.56 Å². The van der Waals surface area contributed by atoms with E-state index in [2.05, 4.69) is 4.52 Å². The number of aromatic nitrogens is 1. The summed E-state index contributed by atoms with van der Waals surface area (Å²) in [6.45, 7) is -0.682. The molecule has 0 fully saturated rings. The first-order valence-electron chi connectivity index (χ1n) is 5.41. The van der Waals surface area contributed by atoms with Crippen LogP contribution in [-0.4, -0.2) is 13.7 Å². The van der Waals surface area contributed by atoms with Crippen LogP contribution in [0.2, 0.25) is 0 Å². The Morgan fingerprint density at radius 1 is 1.27 bits per heavy atom. The maximum absolute atomic E-state index is 13.9. The molecule has 0 atom stereocenters. The Hall–Kier alpha value is -1.26. The Balaban J connectivity index is 2.39. The van der Waals surface area contributed by atoms with Gasteiger partial charge in [0.15, 0.2) is 0 Å². The molecule has 12 heteroatoms. The van der Waals surface area contributed by atoms with Gasteiger partial charge < -0.3 is 9.79 Å². The van der Waals surface area contributed by atoms with Crippen LogP contribution >= 0.6 is 19.4 Å². The molecule has 122 valence electrons. The molecule has 0 aliphatic rings. The van der Waals surface area contributed by atoms with Crippen LogP contribution in [0.5, 0.6) is 0 Å². The SMILES string of the molecule is O=P(O)(O)OCn1scc1-c1ccc(F)c(C(F)(F)F)c1F. The van der Waals surface area contributed by atoms with Crippen molar-refractivity contribution in [1.29, 1.82) is 0 Å². The van der Waals surface area contributed by atoms with Crippen LogP contribution in [0.25, 0.3) is 11.3 Å². The molecular weight excluding hydrogens is 356 g/mol. The lowest BCUT2D eigenvalue weighted by atomic mass is 10.1. The van der Waals surface area contributed by atoms with Gasteiger partial charge in [0.05, 0.1) is 5.69 Å². The van der Waals surface area contributed by atoms with E-state index in [0.717, 1.165) is 21.6 Å². The highest BCUT2D eigenvalue weighted by Crippen LogP contribution is 2.40. The number of benzene rings is 1. The van der Waals surface area contributed by atoms with Crippen molar-refractivity contribution in [3.8, 4) is 11.3 Å². The summed E-state index contributed by atoms with van der Waals surface area (Å²) >= 11 is 0.837. The quantitative estimate of drug-likeness (QED) is 0.644. The van der Waals surface area contributed by atoms with Crippen LogP contribution in [0.15, 0.2) is 17.5 Å². The molecule has 2 N–H and O–H groups in total. The average Bonchev–Trinajstić information content (AvgIpc) is 2.28. The number of hydrogen-bond donors (Lipinski definition) is 2. The predicted octanol–water partition coefficient (Wildman–Crippen LogP) is 3.58. The fraction of sp³-hybridized carbons (Fsp3) is 0.200. The van der Waals surface area contributed by atoms with Gasteiger partial charge in [-0.1, -0.05) is 11.5 Å². The van der Waals surface area contributed by atoms with Gasteiger partial charge >= 0.3 is 14.0 Å². The number of nitrogens with zero attached hydrogens (tertiary/aromatic N) is 1. The number of rotatable bonds is 4. The van der Waals surface area contributed by atoms with E-state index in [4.69, 9.17) is 9.79 Å². The molecule has 2 aromatic rings. The third kappa shape index (κ3) is 3.55. The highest BCUT2D eigenvalue weighted by atomic mass is 32.1. The summed E-state index contributed by atoms with van der Waals surface area (Å²) in [5, 5.41) is 1.24. The lowest BCUT2D eigenvalue weighted by Gasteiger charge is -2.18. The Kier molecular flexibility index (Phi) is 4.46. The summed E-state index contributed by atoms with van der Waals surface area (Å²) in [6, 6.07) is 1.27. The second-order valence-corrected chi connectivity index (χ2v) is 6.14. The standard InChI is InChI=1S/C10H7F5NO4PS/c11-6-2-1-5(9(12)8(6)10(13,14)15)7-3-22-16(7)4-20-21(17,18)19/h1-3H,4H2,(H2,17,18,19). The van der Waals surface area contributed by atoms with Crippen molar-refractivity contribution in [2.75, 3.05) is 0 Å². The van der Waals surface area contributed by atoms with Gasteiger partial charge in [-0.3, -0.25) is 8.48 Å². The van der Waals surface area contributed by atoms with Crippen molar-refractivity contribution >= 4 is 19.4 Å². The summed E-state index contributed by atoms with van der Waals surface area (Å²) in [6.07, 6.45) is -5.21. The summed E-state index contributed by atoms with van der Waals surface area (Å²) in [4.78, 5) is 17.1. The molecule has 0 aliphatic heterocycles. The number of phosphoric ester groups is 1. The minimum atomic E-state index is -5.21. The first-order chi connectivity index (χ1) is 10.0. The summed E-state index contributed by atoms with van der Waals surface area (Å²) in [7, 11) is -4.79. The molecule has 1 aromatic carbocycles. The van der Waals surface area contributed by atoms with E-state index in [-0.39, 0.29) is 5.69 Å². The van der Waals surface area contributed by atoms with Crippen molar-refractivity contribution in [1.82, 2.24) is 3.96 Å². The van der Waals surface area contributed by atoms with Gasteiger partial charge in [0.25, 0.3) is 0 Å². The predicted molar refractivity (Wildman–Crippen MR) is 65.8 cm³/mol. The maximum Gasteiger partial charge on any atom is 0.471 e. The molecule has 5 nitrogen and oxygen atoms in total. The molecule has 1 heterocycles. The van der Waals surface area contributed by atoms with E-state index in [1.807, 2.05) is 0 Å². The van der Waals surface area contributed by atoms with Crippen LogP contribution in [0.4, 0.5) is 22.0 Å². The molecule has 2 rings (SSSR count). The van der Waals surface area contributed by atoms with Crippen molar-refractivity contribution in [3.63, 3.8) is 0 Å². The molecule has 0 unspecified atom stereocenters. The van der Waals surface area contributed by atoms with Gasteiger partial charge in [0.1, 0.15) is 23.9 Å². The molecule has 0 saturated carbocycles. The number of alkyl halides is 3. The van der Waals surface area contributed by atoms with Gasteiger partial charge in [0, 0.05) is 10.9 Å². The van der Waals surface area contributed by atoms with Gasteiger partial charge in [-0.15, -0.1) is 0 Å². The van der Waals surface area contributed by atoms with Crippen LogP contribution in [-0.2, 0) is 22.0 Å². The summed E-state index contributed by atoms with van der Waals surface area (Å²) in [5.74, 6) is -3.56. The molecule has 1 aromatic heterocycles. The highest BCUT2D eigenvalue weighted by molar-refractivity contribution is 7.46. The Bertz CT molecular complexity index is 734. The number of phosphoric acid groups is 1. The van der Waals surface area contributed by atoms with Crippen LogP contribution in [0, 0.1) is 11.6 Å². The molecule has 22 heavy (non-hydrogen) atoms. The second-order valence-electron chi connectivity index (χ2n) is 4.02. The first-order valence-corrected chi connectivity index (χ1v) is 7.77. The van der Waals surface area contributed by atoms with Crippen LogP contribution < -0.4 is 0 Å². The Morgan fingerprint density at radius 3 is 2.36 bits per heavy atom. The summed E-state index contributed by atoms with van der Waals surface area (Å²) in [5.41, 5.74) is -2.69. The lowest BCUT2D eigenvalue weighted by molar-refractivity contribution is -0.142. The zero-order valence-electron chi connectivity index (χ0n) is 10.3. The van der Waals surface area contributed by atoms with Gasteiger partial charge in [0.2, 0.25) is 0 Å². The molecule has 0 spiro atoms. The van der Waals surface area contributed by atoms with Crippen molar-refractivity contribution in [2.24, 2.45) is 0 Å². The fourth-order valence-electron chi connectivity index (χ4n) is 1.62. The van der Waals surface area contributed by atoms with E-state index < -0.39 is 43.5 Å². The second kappa shape index (κ2) is 5.74. The topological polar surface area (TPSA) is 71.7 Å². The first kappa shape index (κ1) is 17.1. The zero-order chi connectivity index (χ0) is 16.7. The van der Waals surface area contributed by atoms with Gasteiger partial charge in [-0.2, -0.15) is 13.2 Å². The molecular formula is C10H7F5NO4PS.